The van der Waals surface area contributed by atoms with Crippen molar-refractivity contribution in [3.63, 3.8) is 0 Å². The van der Waals surface area contributed by atoms with Gasteiger partial charge in [-0.1, -0.05) is 12.1 Å². The average molecular weight is 480 g/mol. The van der Waals surface area contributed by atoms with E-state index in [1.54, 1.807) is 54.6 Å². The molecule has 0 saturated carbocycles. The highest BCUT2D eigenvalue weighted by Crippen LogP contribution is 2.29. The van der Waals surface area contributed by atoms with Crippen LogP contribution in [0.15, 0.2) is 83.5 Å². The topological polar surface area (TPSA) is 144 Å². The van der Waals surface area contributed by atoms with Crippen LogP contribution in [0.25, 0.3) is 22.7 Å². The lowest BCUT2D eigenvalue weighted by atomic mass is 10.1. The summed E-state index contributed by atoms with van der Waals surface area (Å²) in [6, 6.07) is 21.8. The number of nitriles is 1. The highest BCUT2D eigenvalue weighted by atomic mass is 16.5. The third-order valence-corrected chi connectivity index (χ3v) is 5.16. The lowest BCUT2D eigenvalue weighted by molar-refractivity contribution is -0.139. The van der Waals surface area contributed by atoms with E-state index in [1.807, 2.05) is 16.7 Å². The van der Waals surface area contributed by atoms with Crippen molar-refractivity contribution in [2.45, 2.75) is 6.10 Å². The number of amides is 4. The van der Waals surface area contributed by atoms with Gasteiger partial charge in [-0.3, -0.25) is 20.2 Å². The Bertz CT molecular complexity index is 1480. The van der Waals surface area contributed by atoms with Crippen LogP contribution in [0.1, 0.15) is 5.56 Å². The van der Waals surface area contributed by atoms with Gasteiger partial charge in [0, 0.05) is 11.1 Å². The van der Waals surface area contributed by atoms with Gasteiger partial charge in [0.1, 0.15) is 29.2 Å². The Morgan fingerprint density at radius 2 is 1.47 bits per heavy atom. The molecule has 10 nitrogen and oxygen atoms in total. The van der Waals surface area contributed by atoms with Crippen LogP contribution in [-0.2, 0) is 9.59 Å². The van der Waals surface area contributed by atoms with Crippen LogP contribution in [0.2, 0.25) is 0 Å². The van der Waals surface area contributed by atoms with E-state index in [0.29, 0.717) is 28.6 Å². The summed E-state index contributed by atoms with van der Waals surface area (Å²) in [5, 5.41) is 13.0. The predicted octanol–water partition coefficient (Wildman–Crippen LogP) is 3.79. The smallest absolute Gasteiger partial charge is 0.328 e. The number of hydrogen-bond donors (Lipinski definition) is 2. The Labute approximate surface area is 204 Å². The molecule has 36 heavy (non-hydrogen) atoms. The van der Waals surface area contributed by atoms with Crippen molar-refractivity contribution in [2.24, 2.45) is 0 Å². The second-order valence-corrected chi connectivity index (χ2v) is 7.63. The molecule has 0 spiro atoms. The zero-order valence-corrected chi connectivity index (χ0v) is 18.4. The molecule has 4 amide bonds. The molecule has 0 atom stereocenters. The van der Waals surface area contributed by atoms with Crippen molar-refractivity contribution >= 4 is 17.8 Å². The molecular weight excluding hydrogens is 464 g/mol. The Kier molecular flexibility index (Phi) is 5.86. The highest BCUT2D eigenvalue weighted by molar-refractivity contribution is 6.18. The summed E-state index contributed by atoms with van der Waals surface area (Å²) < 4.78 is 16.8. The van der Waals surface area contributed by atoms with E-state index in [9.17, 15) is 14.4 Å². The van der Waals surface area contributed by atoms with Gasteiger partial charge in [-0.25, -0.2) is 9.78 Å². The number of aromatic nitrogens is 1. The number of carbonyl (C=O) groups is 3. The van der Waals surface area contributed by atoms with E-state index in [-0.39, 0.29) is 5.75 Å². The predicted molar refractivity (Wildman–Crippen MR) is 125 cm³/mol. The number of urea groups is 1. The lowest BCUT2D eigenvalue weighted by Crippen LogP contribution is -2.60. The number of hydrogen-bond acceptors (Lipinski definition) is 8. The summed E-state index contributed by atoms with van der Waals surface area (Å²) in [5.41, 5.74) is 2.70. The highest BCUT2D eigenvalue weighted by Gasteiger charge is 2.36. The van der Waals surface area contributed by atoms with Gasteiger partial charge in [-0.2, -0.15) is 5.26 Å². The molecule has 2 heterocycles. The number of barbiturate groups is 1. The fraction of sp³-hybridized carbons (Fsp3) is 0.0385. The van der Waals surface area contributed by atoms with Gasteiger partial charge in [-0.15, -0.1) is 0 Å². The molecule has 0 unspecified atom stereocenters. The van der Waals surface area contributed by atoms with Crippen molar-refractivity contribution in [1.82, 2.24) is 15.6 Å². The molecule has 0 radical (unpaired) electrons. The summed E-state index contributed by atoms with van der Waals surface area (Å²) in [7, 11) is 0. The third-order valence-electron chi connectivity index (χ3n) is 5.16. The largest absolute Gasteiger partial charge is 0.471 e. The first-order valence-electron chi connectivity index (χ1n) is 10.7. The van der Waals surface area contributed by atoms with Crippen LogP contribution >= 0.6 is 0 Å². The molecule has 5 rings (SSSR count). The zero-order valence-electron chi connectivity index (χ0n) is 18.4. The molecule has 1 aliphatic heterocycles. The minimum Gasteiger partial charge on any atom is -0.471 e. The first-order chi connectivity index (χ1) is 17.5. The number of ether oxygens (including phenoxy) is 2. The lowest BCUT2D eigenvalue weighted by Gasteiger charge is -2.21. The summed E-state index contributed by atoms with van der Waals surface area (Å²) >= 11 is 0. The van der Waals surface area contributed by atoms with E-state index in [2.05, 4.69) is 11.1 Å². The Morgan fingerprint density at radius 1 is 0.833 bits per heavy atom. The summed E-state index contributed by atoms with van der Waals surface area (Å²) in [5.74, 6) is 0.0698. The standard InChI is InChI=1S/C26H16N4O6/c27-13-15-2-1-3-17(12-15)21-14-34-25(28-21)16-4-6-18(7-5-16)35-19-8-10-20(11-9-19)36-22-23(31)29-26(33)30-24(22)32/h1-12,14,22H,(H2,29,30,31,32,33). The minimum absolute atomic E-state index is 0.252. The average Bonchev–Trinajstić information content (AvgIpc) is 3.38. The van der Waals surface area contributed by atoms with Gasteiger partial charge in [0.2, 0.25) is 5.89 Å². The van der Waals surface area contributed by atoms with Crippen molar-refractivity contribution < 1.29 is 28.3 Å². The van der Waals surface area contributed by atoms with Gasteiger partial charge >= 0.3 is 6.03 Å². The van der Waals surface area contributed by atoms with Crippen molar-refractivity contribution in [2.75, 3.05) is 0 Å². The number of oxazole rings is 1. The zero-order chi connectivity index (χ0) is 25.1. The van der Waals surface area contributed by atoms with Crippen molar-refractivity contribution in [3.8, 4) is 46.0 Å². The van der Waals surface area contributed by atoms with E-state index >= 15 is 0 Å². The molecule has 1 saturated heterocycles. The first kappa shape index (κ1) is 22.4. The van der Waals surface area contributed by atoms with Crippen LogP contribution in [0.4, 0.5) is 4.79 Å². The fourth-order valence-corrected chi connectivity index (χ4v) is 3.42. The van der Waals surface area contributed by atoms with Gasteiger partial charge in [0.15, 0.2) is 0 Å². The van der Waals surface area contributed by atoms with Crippen LogP contribution in [0.3, 0.4) is 0 Å². The number of imide groups is 2. The fourth-order valence-electron chi connectivity index (χ4n) is 3.42. The quantitative estimate of drug-likeness (QED) is 0.397. The monoisotopic (exact) mass is 480 g/mol. The van der Waals surface area contributed by atoms with Gasteiger partial charge in [0.05, 0.1) is 11.6 Å². The maximum absolute atomic E-state index is 11.8. The molecule has 0 aliphatic carbocycles. The Balaban J connectivity index is 1.23. The van der Waals surface area contributed by atoms with Gasteiger partial charge < -0.3 is 13.9 Å². The van der Waals surface area contributed by atoms with Crippen molar-refractivity contribution in [3.05, 3.63) is 84.6 Å². The maximum Gasteiger partial charge on any atom is 0.328 e. The molecule has 10 heteroatoms. The first-order valence-corrected chi connectivity index (χ1v) is 10.7. The Morgan fingerprint density at radius 3 is 2.14 bits per heavy atom. The SMILES string of the molecule is N#Cc1cccc(-c2coc(-c3ccc(Oc4ccc(OC5C(=O)NC(=O)NC5=O)cc4)cc3)n2)c1. The number of carbonyl (C=O) groups excluding carboxylic acids is 3. The number of benzene rings is 3. The van der Waals surface area contributed by atoms with E-state index in [1.165, 1.54) is 18.4 Å². The van der Waals surface area contributed by atoms with E-state index in [0.717, 1.165) is 11.1 Å². The molecule has 0 bridgehead atoms. The van der Waals surface area contributed by atoms with E-state index < -0.39 is 23.9 Å². The molecule has 1 fully saturated rings. The third kappa shape index (κ3) is 4.76. The second-order valence-electron chi connectivity index (χ2n) is 7.63. The number of rotatable bonds is 6. The molecule has 1 aromatic heterocycles. The van der Waals surface area contributed by atoms with Crippen LogP contribution in [0.5, 0.6) is 17.2 Å². The van der Waals surface area contributed by atoms with Gasteiger partial charge in [-0.05, 0) is 60.7 Å². The Hall–Kier alpha value is -5.43. The summed E-state index contributed by atoms with van der Waals surface area (Å²) in [6.07, 6.45) is 0.0752. The minimum atomic E-state index is -1.46. The maximum atomic E-state index is 11.8. The second kappa shape index (κ2) is 9.44. The van der Waals surface area contributed by atoms with Gasteiger partial charge in [0.25, 0.3) is 17.9 Å². The van der Waals surface area contributed by atoms with Crippen molar-refractivity contribution in [1.29, 1.82) is 5.26 Å². The summed E-state index contributed by atoms with van der Waals surface area (Å²) in [4.78, 5) is 39.2. The van der Waals surface area contributed by atoms with Crippen LogP contribution in [-0.4, -0.2) is 28.9 Å². The number of nitrogens with zero attached hydrogens (tertiary/aromatic N) is 2. The molecular formula is C26H16N4O6. The summed E-state index contributed by atoms with van der Waals surface area (Å²) in [6.45, 7) is 0. The molecule has 176 valence electrons. The molecule has 4 aromatic rings. The van der Waals surface area contributed by atoms with Crippen LogP contribution < -0.4 is 20.1 Å². The molecule has 1 aliphatic rings. The molecule has 3 aromatic carbocycles. The number of nitrogens with one attached hydrogen (secondary N) is 2. The van der Waals surface area contributed by atoms with Crippen LogP contribution in [0, 0.1) is 11.3 Å². The van der Waals surface area contributed by atoms with E-state index in [4.69, 9.17) is 19.2 Å². The normalized spacial score (nSPS) is 13.5. The molecule has 2 N–H and O–H groups in total.